The predicted molar refractivity (Wildman–Crippen MR) is 130 cm³/mol. The summed E-state index contributed by atoms with van der Waals surface area (Å²) < 4.78 is 12.3. The number of esters is 1. The van der Waals surface area contributed by atoms with Crippen molar-refractivity contribution in [1.29, 1.82) is 0 Å². The Kier molecular flexibility index (Phi) is 7.17. The average Bonchev–Trinajstić information content (AvgIpc) is 3.11. The van der Waals surface area contributed by atoms with Crippen molar-refractivity contribution in [2.24, 2.45) is 17.8 Å². The third-order valence-electron chi connectivity index (χ3n) is 8.75. The molecule has 0 saturated carbocycles. The van der Waals surface area contributed by atoms with E-state index in [9.17, 15) is 19.5 Å². The third-order valence-corrected chi connectivity index (χ3v) is 8.75. The summed E-state index contributed by atoms with van der Waals surface area (Å²) in [5, 5.41) is 10.4. The molecule has 8 heteroatoms. The summed E-state index contributed by atoms with van der Waals surface area (Å²) in [4.78, 5) is 45.3. The van der Waals surface area contributed by atoms with Crippen molar-refractivity contribution in [3.05, 3.63) is 24.3 Å². The number of rotatable bonds is 8. The molecule has 2 fully saturated rings. The Hall–Kier alpha value is -2.19. The molecule has 0 aromatic heterocycles. The Labute approximate surface area is 208 Å². The normalized spacial score (nSPS) is 36.7. The first-order chi connectivity index (χ1) is 16.7. The largest absolute Gasteiger partial charge is 0.461 e. The molecule has 35 heavy (non-hydrogen) atoms. The van der Waals surface area contributed by atoms with E-state index in [2.05, 4.69) is 6.92 Å². The number of aliphatic hydroxyl groups excluding tert-OH is 1. The Bertz CT molecular complexity index is 917. The molecular weight excluding hydrogens is 448 g/mol. The molecule has 8 nitrogen and oxygen atoms in total. The molecule has 1 spiro atoms. The van der Waals surface area contributed by atoms with E-state index < -0.39 is 41.1 Å². The van der Waals surface area contributed by atoms with E-state index in [1.54, 1.807) is 11.0 Å². The van der Waals surface area contributed by atoms with Gasteiger partial charge in [0.25, 0.3) is 0 Å². The van der Waals surface area contributed by atoms with Crippen LogP contribution < -0.4 is 0 Å². The maximum atomic E-state index is 14.3. The number of fused-ring (bicyclic) bond motifs is 2. The lowest BCUT2D eigenvalue weighted by molar-refractivity contribution is -0.162. The maximum absolute atomic E-state index is 14.3. The number of aliphatic hydroxyl groups is 1. The van der Waals surface area contributed by atoms with Gasteiger partial charge in [-0.05, 0) is 31.8 Å². The summed E-state index contributed by atoms with van der Waals surface area (Å²) in [5.74, 6) is -2.78. The lowest BCUT2D eigenvalue weighted by atomic mass is 9.73. The summed E-state index contributed by atoms with van der Waals surface area (Å²) in [6.45, 7) is 10.3. The van der Waals surface area contributed by atoms with Gasteiger partial charge in [0.15, 0.2) is 0 Å². The van der Waals surface area contributed by atoms with Crippen molar-refractivity contribution in [3.8, 4) is 0 Å². The molecule has 2 amide bonds. The van der Waals surface area contributed by atoms with Crippen molar-refractivity contribution in [2.45, 2.75) is 89.6 Å². The van der Waals surface area contributed by atoms with Crippen LogP contribution in [0.1, 0.15) is 60.3 Å². The van der Waals surface area contributed by atoms with E-state index >= 15 is 0 Å². The number of hydrogen-bond acceptors (Lipinski definition) is 6. The number of nitrogens with zero attached hydrogens (tertiary/aromatic N) is 2. The number of hydrogen-bond donors (Lipinski definition) is 1. The molecule has 0 aliphatic carbocycles. The van der Waals surface area contributed by atoms with E-state index in [4.69, 9.17) is 9.47 Å². The van der Waals surface area contributed by atoms with Gasteiger partial charge in [0.1, 0.15) is 29.8 Å². The standard InChI is InChI=1S/C27H40N2O6/c1-6-11-18(5)28-14-9-13-27-20(21-25(33)34-15-10-12-26(21,8-3)35-27)23(31)29(22(27)24(28)32)19(16-30)17(4)7-2/h9-10,12-13,17-22,30H,6-8,11,14-16H2,1-5H3/t17-,18?,19-,20-,21+,22?,26-,27-/m0/s1. The Balaban J connectivity index is 1.91. The van der Waals surface area contributed by atoms with Crippen molar-refractivity contribution < 1.29 is 29.0 Å². The molecule has 0 aromatic carbocycles. The van der Waals surface area contributed by atoms with Crippen LogP contribution in [0, 0.1) is 17.8 Å². The van der Waals surface area contributed by atoms with Crippen molar-refractivity contribution in [3.63, 3.8) is 0 Å². The van der Waals surface area contributed by atoms with Crippen LogP contribution in [0.2, 0.25) is 0 Å². The average molecular weight is 489 g/mol. The molecule has 4 rings (SSSR count). The van der Waals surface area contributed by atoms with Crippen LogP contribution in [-0.2, 0) is 23.9 Å². The van der Waals surface area contributed by atoms with Gasteiger partial charge in [-0.2, -0.15) is 0 Å². The minimum absolute atomic E-state index is 0.0173. The minimum Gasteiger partial charge on any atom is -0.461 e. The molecule has 0 radical (unpaired) electrons. The molecule has 2 unspecified atom stereocenters. The Morgan fingerprint density at radius 3 is 2.46 bits per heavy atom. The van der Waals surface area contributed by atoms with Gasteiger partial charge in [-0.15, -0.1) is 0 Å². The summed E-state index contributed by atoms with van der Waals surface area (Å²) in [7, 11) is 0. The Morgan fingerprint density at radius 1 is 1.09 bits per heavy atom. The van der Waals surface area contributed by atoms with Crippen molar-refractivity contribution in [2.75, 3.05) is 19.8 Å². The van der Waals surface area contributed by atoms with Crippen LogP contribution >= 0.6 is 0 Å². The fraction of sp³-hybridized carbons (Fsp3) is 0.741. The van der Waals surface area contributed by atoms with Gasteiger partial charge in [0.05, 0.1) is 18.6 Å². The van der Waals surface area contributed by atoms with Crippen LogP contribution in [0.4, 0.5) is 0 Å². The van der Waals surface area contributed by atoms with Gasteiger partial charge in [-0.1, -0.05) is 58.8 Å². The predicted octanol–water partition coefficient (Wildman–Crippen LogP) is 2.45. The lowest BCUT2D eigenvalue weighted by Crippen LogP contribution is -2.60. The number of carbonyl (C=O) groups excluding carboxylic acids is 3. The molecule has 4 aliphatic rings. The quantitative estimate of drug-likeness (QED) is 0.417. The first kappa shape index (κ1) is 25.9. The van der Waals surface area contributed by atoms with E-state index in [-0.39, 0.29) is 37.0 Å². The van der Waals surface area contributed by atoms with Crippen LogP contribution in [0.5, 0.6) is 0 Å². The zero-order valence-electron chi connectivity index (χ0n) is 21.6. The number of amides is 2. The zero-order chi connectivity index (χ0) is 25.5. The van der Waals surface area contributed by atoms with Crippen molar-refractivity contribution in [1.82, 2.24) is 9.80 Å². The highest BCUT2D eigenvalue weighted by molar-refractivity contribution is 5.99. The smallest absolute Gasteiger partial charge is 0.313 e. The molecule has 1 N–H and O–H groups in total. The molecule has 4 heterocycles. The second kappa shape index (κ2) is 9.69. The molecule has 2 saturated heterocycles. The fourth-order valence-corrected chi connectivity index (χ4v) is 6.69. The second-order valence-corrected chi connectivity index (χ2v) is 10.6. The van der Waals surface area contributed by atoms with Crippen LogP contribution in [0.3, 0.4) is 0 Å². The van der Waals surface area contributed by atoms with Gasteiger partial charge in [-0.3, -0.25) is 14.4 Å². The lowest BCUT2D eigenvalue weighted by Gasteiger charge is -2.42. The molecule has 4 aliphatic heterocycles. The van der Waals surface area contributed by atoms with Crippen LogP contribution in [0.25, 0.3) is 0 Å². The molecule has 0 bridgehead atoms. The summed E-state index contributed by atoms with van der Waals surface area (Å²) >= 11 is 0. The zero-order valence-corrected chi connectivity index (χ0v) is 21.6. The molecule has 0 aromatic rings. The summed E-state index contributed by atoms with van der Waals surface area (Å²) in [5.41, 5.74) is -2.34. The summed E-state index contributed by atoms with van der Waals surface area (Å²) in [6.07, 6.45) is 10.3. The third kappa shape index (κ3) is 3.75. The van der Waals surface area contributed by atoms with E-state index in [1.165, 1.54) is 0 Å². The van der Waals surface area contributed by atoms with Gasteiger partial charge in [0, 0.05) is 12.6 Å². The molecular formula is C27H40N2O6. The number of carbonyl (C=O) groups is 3. The highest BCUT2D eigenvalue weighted by Crippen LogP contribution is 2.59. The topological polar surface area (TPSA) is 96.4 Å². The van der Waals surface area contributed by atoms with Gasteiger partial charge in [0.2, 0.25) is 11.8 Å². The second-order valence-electron chi connectivity index (χ2n) is 10.6. The number of cyclic esters (lactones) is 1. The van der Waals surface area contributed by atoms with Gasteiger partial charge < -0.3 is 24.4 Å². The first-order valence-corrected chi connectivity index (χ1v) is 13.2. The van der Waals surface area contributed by atoms with Gasteiger partial charge >= 0.3 is 5.97 Å². The van der Waals surface area contributed by atoms with Crippen LogP contribution in [0.15, 0.2) is 24.3 Å². The number of ether oxygens (including phenoxy) is 2. The van der Waals surface area contributed by atoms with Gasteiger partial charge in [-0.25, -0.2) is 0 Å². The first-order valence-electron chi connectivity index (χ1n) is 13.2. The highest BCUT2D eigenvalue weighted by atomic mass is 16.6. The van der Waals surface area contributed by atoms with Crippen LogP contribution in [-0.4, -0.2) is 81.8 Å². The monoisotopic (exact) mass is 488 g/mol. The maximum Gasteiger partial charge on any atom is 0.313 e. The fourth-order valence-electron chi connectivity index (χ4n) is 6.69. The summed E-state index contributed by atoms with van der Waals surface area (Å²) in [6, 6.07) is -1.53. The SMILES string of the molecule is CCCC(C)N1CC=C[C@]23O[C@@]4(CC)C=CCOC(=O)[C@H]4[C@H]2C(=O)N([C@@H](CO)[C@@H](C)CC)C3C1=O. The van der Waals surface area contributed by atoms with Crippen molar-refractivity contribution >= 4 is 17.8 Å². The Morgan fingerprint density at radius 2 is 1.83 bits per heavy atom. The molecule has 8 atom stereocenters. The highest BCUT2D eigenvalue weighted by Gasteiger charge is 2.76. The van der Waals surface area contributed by atoms with E-state index in [1.807, 2.05) is 50.8 Å². The van der Waals surface area contributed by atoms with E-state index in [0.717, 1.165) is 19.3 Å². The molecule has 194 valence electrons. The van der Waals surface area contributed by atoms with E-state index in [0.29, 0.717) is 13.0 Å². The minimum atomic E-state index is -1.31. The number of likely N-dealkylation sites (tertiary alicyclic amines) is 1.